The van der Waals surface area contributed by atoms with Gasteiger partial charge < -0.3 is 0 Å². The van der Waals surface area contributed by atoms with E-state index in [4.69, 9.17) is 11.6 Å². The van der Waals surface area contributed by atoms with Gasteiger partial charge in [-0.25, -0.2) is 9.49 Å². The number of aromatic nitrogens is 4. The molecule has 1 aromatic carbocycles. The van der Waals surface area contributed by atoms with Gasteiger partial charge in [0.2, 0.25) is 5.95 Å². The smallest absolute Gasteiger partial charge is 0.267 e. The summed E-state index contributed by atoms with van der Waals surface area (Å²) in [5, 5.41) is 7.41. The molecule has 26 heavy (non-hydrogen) atoms. The van der Waals surface area contributed by atoms with Gasteiger partial charge >= 0.3 is 0 Å². The summed E-state index contributed by atoms with van der Waals surface area (Å²) in [6.45, 7) is 0.244. The van der Waals surface area contributed by atoms with Crippen LogP contribution in [0.2, 0.25) is 5.02 Å². The third-order valence-corrected chi connectivity index (χ3v) is 4.68. The van der Waals surface area contributed by atoms with E-state index in [9.17, 15) is 4.79 Å². The van der Waals surface area contributed by atoms with Crippen LogP contribution in [0.25, 0.3) is 11.4 Å². The average molecular weight is 372 g/mol. The highest BCUT2D eigenvalue weighted by Crippen LogP contribution is 2.33. The second kappa shape index (κ2) is 6.49. The highest BCUT2D eigenvalue weighted by atomic mass is 35.5. The van der Waals surface area contributed by atoms with Crippen molar-refractivity contribution in [2.75, 3.05) is 11.4 Å². The molecule has 6 nitrogen and oxygen atoms in total. The number of pyridine rings is 1. The first kappa shape index (κ1) is 16.7. The number of hydrogen-bond acceptors (Lipinski definition) is 4. The molecule has 1 fully saturated rings. The Kier molecular flexibility index (Phi) is 4.16. The molecular weight excluding hydrogens is 357 g/mol. The molecule has 0 unspecified atom stereocenters. The Labute approximate surface area is 154 Å². The van der Waals surface area contributed by atoms with Gasteiger partial charge in [0.1, 0.15) is 0 Å². The molecule has 1 saturated heterocycles. The molecule has 1 aliphatic rings. The standard InChI is InChI=1S/C18H15ClFN5O/c19-14-3-1-12(2-4-14)11-18(20)7-10-25(16(18)26)17-22-15(23-24-17)13-5-8-21-9-6-13/h1-6,8-9H,7,10-11H2,(H,22,23,24)/t18-/m1/s1. The number of alkyl halides is 1. The third kappa shape index (κ3) is 3.06. The Hall–Kier alpha value is -2.80. The summed E-state index contributed by atoms with van der Waals surface area (Å²) < 4.78 is 15.3. The highest BCUT2D eigenvalue weighted by molar-refractivity contribution is 6.30. The molecule has 1 aliphatic heterocycles. The first-order valence-electron chi connectivity index (χ1n) is 8.13. The molecule has 132 valence electrons. The van der Waals surface area contributed by atoms with Crippen LogP contribution in [0.5, 0.6) is 0 Å². The maximum absolute atomic E-state index is 15.3. The number of aromatic amines is 1. The molecule has 0 spiro atoms. The molecule has 3 aromatic rings. The van der Waals surface area contributed by atoms with Gasteiger partial charge in [-0.3, -0.25) is 14.7 Å². The maximum Gasteiger partial charge on any atom is 0.267 e. The number of amides is 1. The monoisotopic (exact) mass is 371 g/mol. The summed E-state index contributed by atoms with van der Waals surface area (Å²) in [5.74, 6) is 0.0755. The van der Waals surface area contributed by atoms with E-state index in [1.807, 2.05) is 0 Å². The van der Waals surface area contributed by atoms with E-state index in [2.05, 4.69) is 20.2 Å². The van der Waals surface area contributed by atoms with E-state index in [1.165, 1.54) is 4.90 Å². The van der Waals surface area contributed by atoms with E-state index in [0.717, 1.165) is 11.1 Å². The number of nitrogens with zero attached hydrogens (tertiary/aromatic N) is 4. The first-order chi connectivity index (χ1) is 12.5. The van der Waals surface area contributed by atoms with Crippen molar-refractivity contribution in [2.45, 2.75) is 18.5 Å². The van der Waals surface area contributed by atoms with Crippen molar-refractivity contribution in [3.63, 3.8) is 0 Å². The van der Waals surface area contributed by atoms with E-state index in [1.54, 1.807) is 48.8 Å². The normalized spacial score (nSPS) is 19.9. The van der Waals surface area contributed by atoms with Crippen LogP contribution in [-0.4, -0.2) is 38.3 Å². The van der Waals surface area contributed by atoms with Crippen LogP contribution in [0.4, 0.5) is 10.3 Å². The van der Waals surface area contributed by atoms with Crippen molar-refractivity contribution < 1.29 is 9.18 Å². The van der Waals surface area contributed by atoms with Crippen molar-refractivity contribution >= 4 is 23.5 Å². The van der Waals surface area contributed by atoms with Gasteiger partial charge in [0.05, 0.1) is 0 Å². The van der Waals surface area contributed by atoms with Gasteiger partial charge in [0.25, 0.3) is 5.91 Å². The second-order valence-corrected chi connectivity index (χ2v) is 6.63. The van der Waals surface area contributed by atoms with Gasteiger partial charge in [-0.15, -0.1) is 0 Å². The summed E-state index contributed by atoms with van der Waals surface area (Å²) >= 11 is 5.86. The minimum atomic E-state index is -1.96. The van der Waals surface area contributed by atoms with Crippen molar-refractivity contribution in [3.8, 4) is 11.4 Å². The lowest BCUT2D eigenvalue weighted by Gasteiger charge is -2.18. The van der Waals surface area contributed by atoms with Crippen LogP contribution in [0.1, 0.15) is 12.0 Å². The minimum absolute atomic E-state index is 0.00481. The number of halogens is 2. The molecule has 0 radical (unpaired) electrons. The quantitative estimate of drug-likeness (QED) is 0.764. The van der Waals surface area contributed by atoms with Crippen LogP contribution in [0.15, 0.2) is 48.8 Å². The zero-order chi connectivity index (χ0) is 18.1. The fourth-order valence-electron chi connectivity index (χ4n) is 3.04. The number of benzene rings is 1. The SMILES string of the molecule is O=C1N(c2nc(-c3ccncc3)n[nH]2)CC[C@@]1(F)Cc1ccc(Cl)cc1. The number of nitrogens with one attached hydrogen (secondary N) is 1. The number of anilines is 1. The van der Waals surface area contributed by atoms with Gasteiger partial charge in [0.15, 0.2) is 11.5 Å². The molecule has 4 rings (SSSR count). The van der Waals surface area contributed by atoms with Crippen molar-refractivity contribution in [2.24, 2.45) is 0 Å². The Bertz CT molecular complexity index is 930. The summed E-state index contributed by atoms with van der Waals surface area (Å²) in [5.41, 5.74) is -0.471. The lowest BCUT2D eigenvalue weighted by molar-refractivity contribution is -0.127. The van der Waals surface area contributed by atoms with Crippen LogP contribution in [0, 0.1) is 0 Å². The Morgan fingerprint density at radius 3 is 2.65 bits per heavy atom. The van der Waals surface area contributed by atoms with Gasteiger partial charge in [-0.05, 0) is 29.8 Å². The number of carbonyl (C=O) groups excluding carboxylic acids is 1. The molecule has 0 saturated carbocycles. The molecule has 1 amide bonds. The van der Waals surface area contributed by atoms with Crippen LogP contribution in [-0.2, 0) is 11.2 Å². The zero-order valence-corrected chi connectivity index (χ0v) is 14.4. The van der Waals surface area contributed by atoms with Crippen LogP contribution in [0.3, 0.4) is 0 Å². The maximum atomic E-state index is 15.3. The van der Waals surface area contributed by atoms with E-state index < -0.39 is 11.6 Å². The van der Waals surface area contributed by atoms with Gasteiger partial charge in [-0.2, -0.15) is 10.1 Å². The summed E-state index contributed by atoms with van der Waals surface area (Å²) in [6.07, 6.45) is 3.36. The molecule has 1 N–H and O–H groups in total. The summed E-state index contributed by atoms with van der Waals surface area (Å²) in [6, 6.07) is 10.4. The second-order valence-electron chi connectivity index (χ2n) is 6.19. The molecule has 1 atom stereocenters. The van der Waals surface area contributed by atoms with Crippen molar-refractivity contribution in [1.82, 2.24) is 20.2 Å². The molecule has 0 aliphatic carbocycles. The fourth-order valence-corrected chi connectivity index (χ4v) is 3.16. The third-order valence-electron chi connectivity index (χ3n) is 4.43. The average Bonchev–Trinajstić information content (AvgIpc) is 3.24. The van der Waals surface area contributed by atoms with Crippen LogP contribution < -0.4 is 4.90 Å². The lowest BCUT2D eigenvalue weighted by Crippen LogP contribution is -2.38. The van der Waals surface area contributed by atoms with E-state index in [-0.39, 0.29) is 25.3 Å². The summed E-state index contributed by atoms with van der Waals surface area (Å²) in [4.78, 5) is 22.3. The molecule has 0 bridgehead atoms. The topological polar surface area (TPSA) is 74.8 Å². The van der Waals surface area contributed by atoms with Gasteiger partial charge in [0, 0.05) is 42.4 Å². The van der Waals surface area contributed by atoms with Crippen LogP contribution >= 0.6 is 11.6 Å². The number of rotatable bonds is 4. The number of carbonyl (C=O) groups is 1. The Morgan fingerprint density at radius 1 is 1.19 bits per heavy atom. The van der Waals surface area contributed by atoms with Crippen molar-refractivity contribution in [1.29, 1.82) is 0 Å². The predicted molar refractivity (Wildman–Crippen MR) is 95.6 cm³/mol. The highest BCUT2D eigenvalue weighted by Gasteiger charge is 2.48. The Balaban J connectivity index is 1.54. The minimum Gasteiger partial charge on any atom is -0.278 e. The first-order valence-corrected chi connectivity index (χ1v) is 8.51. The number of hydrogen-bond donors (Lipinski definition) is 1. The number of H-pyrrole nitrogens is 1. The molecule has 3 heterocycles. The van der Waals surface area contributed by atoms with E-state index >= 15 is 4.39 Å². The van der Waals surface area contributed by atoms with E-state index in [0.29, 0.717) is 10.8 Å². The molecular formula is C18H15ClFN5O. The molecule has 8 heteroatoms. The van der Waals surface area contributed by atoms with Crippen molar-refractivity contribution in [3.05, 3.63) is 59.4 Å². The summed E-state index contributed by atoms with van der Waals surface area (Å²) in [7, 11) is 0. The molecule has 2 aromatic heterocycles. The fraction of sp³-hybridized carbons (Fsp3) is 0.222. The zero-order valence-electron chi connectivity index (χ0n) is 13.7. The largest absolute Gasteiger partial charge is 0.278 e. The lowest BCUT2D eigenvalue weighted by atomic mass is 9.95. The van der Waals surface area contributed by atoms with Gasteiger partial charge in [-0.1, -0.05) is 23.7 Å². The Morgan fingerprint density at radius 2 is 1.92 bits per heavy atom. The predicted octanol–water partition coefficient (Wildman–Crippen LogP) is 3.21.